The third kappa shape index (κ3) is 3.64. The lowest BCUT2D eigenvalue weighted by molar-refractivity contribution is -0.385. The van der Waals surface area contributed by atoms with Gasteiger partial charge in [-0.1, -0.05) is 33.6 Å². The number of aromatic nitrogens is 2. The molecule has 1 heterocycles. The van der Waals surface area contributed by atoms with Crippen molar-refractivity contribution >= 4 is 11.5 Å². The molecule has 1 aliphatic rings. The van der Waals surface area contributed by atoms with Crippen molar-refractivity contribution in [2.24, 2.45) is 0 Å². The molecule has 0 amide bonds. The summed E-state index contributed by atoms with van der Waals surface area (Å²) in [5, 5.41) is 14.7. The average molecular weight is 308 g/mol. The lowest BCUT2D eigenvalue weighted by atomic mass is 9.95. The molecule has 122 valence electrons. The SMILES string of the molecule is CCOc1nc(C(C)(C)C)nc(NC2CCCC2)c1[N+](=O)[O-]. The van der Waals surface area contributed by atoms with Gasteiger partial charge in [-0.25, -0.2) is 4.98 Å². The molecule has 0 saturated heterocycles. The topological polar surface area (TPSA) is 90.2 Å². The molecular weight excluding hydrogens is 284 g/mol. The number of hydrogen-bond acceptors (Lipinski definition) is 6. The molecule has 0 spiro atoms. The zero-order chi connectivity index (χ0) is 16.3. The van der Waals surface area contributed by atoms with Crippen molar-refractivity contribution in [2.75, 3.05) is 11.9 Å². The average Bonchev–Trinajstić information content (AvgIpc) is 2.90. The molecule has 1 aliphatic carbocycles. The van der Waals surface area contributed by atoms with Gasteiger partial charge in [-0.3, -0.25) is 10.1 Å². The standard InChI is InChI=1S/C15H24N4O3/c1-5-22-13-11(19(20)21)12(16-10-8-6-7-9-10)17-14(18-13)15(2,3)4/h10H,5-9H2,1-4H3,(H,16,17,18). The van der Waals surface area contributed by atoms with E-state index < -0.39 is 4.92 Å². The smallest absolute Gasteiger partial charge is 0.372 e. The van der Waals surface area contributed by atoms with E-state index in [0.717, 1.165) is 25.7 Å². The summed E-state index contributed by atoms with van der Waals surface area (Å²) in [6.45, 7) is 8.03. The summed E-state index contributed by atoms with van der Waals surface area (Å²) in [5.41, 5.74) is -0.477. The summed E-state index contributed by atoms with van der Waals surface area (Å²) >= 11 is 0. The summed E-state index contributed by atoms with van der Waals surface area (Å²) in [6, 6.07) is 0.232. The number of ether oxygens (including phenoxy) is 1. The van der Waals surface area contributed by atoms with Crippen molar-refractivity contribution in [3.63, 3.8) is 0 Å². The van der Waals surface area contributed by atoms with Gasteiger partial charge in [0.1, 0.15) is 5.82 Å². The van der Waals surface area contributed by atoms with Crippen LogP contribution in [0.3, 0.4) is 0 Å². The van der Waals surface area contributed by atoms with E-state index in [0.29, 0.717) is 12.4 Å². The Morgan fingerprint density at radius 1 is 1.32 bits per heavy atom. The Morgan fingerprint density at radius 2 is 1.95 bits per heavy atom. The van der Waals surface area contributed by atoms with E-state index in [9.17, 15) is 10.1 Å². The Balaban J connectivity index is 2.49. The first-order valence-electron chi connectivity index (χ1n) is 7.79. The third-order valence-electron chi connectivity index (χ3n) is 3.68. The summed E-state index contributed by atoms with van der Waals surface area (Å²) in [6.07, 6.45) is 4.30. The van der Waals surface area contributed by atoms with E-state index >= 15 is 0 Å². The Kier molecular flexibility index (Phi) is 4.83. The molecule has 1 N–H and O–H groups in total. The van der Waals surface area contributed by atoms with Crippen molar-refractivity contribution in [3.05, 3.63) is 15.9 Å². The van der Waals surface area contributed by atoms with Crippen molar-refractivity contribution in [1.29, 1.82) is 0 Å². The second-order valence-electron chi connectivity index (χ2n) is 6.62. The maximum Gasteiger partial charge on any atom is 0.372 e. The van der Waals surface area contributed by atoms with Crippen LogP contribution in [0.1, 0.15) is 59.2 Å². The lowest BCUT2D eigenvalue weighted by Gasteiger charge is -2.20. The first kappa shape index (κ1) is 16.5. The predicted molar refractivity (Wildman–Crippen MR) is 84.4 cm³/mol. The van der Waals surface area contributed by atoms with Crippen LogP contribution < -0.4 is 10.1 Å². The molecule has 1 aromatic heterocycles. The lowest BCUT2D eigenvalue weighted by Crippen LogP contribution is -2.22. The first-order valence-corrected chi connectivity index (χ1v) is 7.79. The highest BCUT2D eigenvalue weighted by Crippen LogP contribution is 2.36. The van der Waals surface area contributed by atoms with E-state index in [4.69, 9.17) is 4.74 Å². The summed E-state index contributed by atoms with van der Waals surface area (Å²) in [5.74, 6) is 0.871. The van der Waals surface area contributed by atoms with Gasteiger partial charge >= 0.3 is 5.69 Å². The molecule has 0 radical (unpaired) electrons. The quantitative estimate of drug-likeness (QED) is 0.662. The zero-order valence-electron chi connectivity index (χ0n) is 13.7. The molecule has 2 rings (SSSR count). The maximum absolute atomic E-state index is 11.5. The normalized spacial score (nSPS) is 15.8. The molecule has 0 aromatic carbocycles. The molecule has 7 nitrogen and oxygen atoms in total. The van der Waals surface area contributed by atoms with Gasteiger partial charge < -0.3 is 10.1 Å². The van der Waals surface area contributed by atoms with E-state index in [1.807, 2.05) is 20.8 Å². The van der Waals surface area contributed by atoms with Crippen molar-refractivity contribution in [2.45, 2.75) is 64.8 Å². The van der Waals surface area contributed by atoms with Crippen LogP contribution in [0.15, 0.2) is 0 Å². The van der Waals surface area contributed by atoms with Crippen LogP contribution in [0, 0.1) is 10.1 Å². The largest absolute Gasteiger partial charge is 0.473 e. The van der Waals surface area contributed by atoms with Crippen LogP contribution in [0.25, 0.3) is 0 Å². The van der Waals surface area contributed by atoms with E-state index in [2.05, 4.69) is 15.3 Å². The highest BCUT2D eigenvalue weighted by molar-refractivity contribution is 5.62. The van der Waals surface area contributed by atoms with Gasteiger partial charge in [-0.15, -0.1) is 0 Å². The van der Waals surface area contributed by atoms with Crippen LogP contribution in [-0.4, -0.2) is 27.5 Å². The van der Waals surface area contributed by atoms with Crippen molar-refractivity contribution in [3.8, 4) is 5.88 Å². The van der Waals surface area contributed by atoms with Crippen LogP contribution in [0.5, 0.6) is 5.88 Å². The minimum Gasteiger partial charge on any atom is -0.473 e. The zero-order valence-corrected chi connectivity index (χ0v) is 13.7. The fourth-order valence-corrected chi connectivity index (χ4v) is 2.54. The number of anilines is 1. The Bertz CT molecular complexity index is 548. The predicted octanol–water partition coefficient (Wildman–Crippen LogP) is 3.44. The number of hydrogen-bond donors (Lipinski definition) is 1. The minimum absolute atomic E-state index is 0.0490. The summed E-state index contributed by atoms with van der Waals surface area (Å²) in [7, 11) is 0. The molecule has 0 aliphatic heterocycles. The van der Waals surface area contributed by atoms with Crippen LogP contribution in [-0.2, 0) is 5.41 Å². The Morgan fingerprint density at radius 3 is 2.45 bits per heavy atom. The van der Waals surface area contributed by atoms with E-state index in [1.54, 1.807) is 6.92 Å². The van der Waals surface area contributed by atoms with Crippen LogP contribution >= 0.6 is 0 Å². The summed E-state index contributed by atoms with van der Waals surface area (Å²) in [4.78, 5) is 19.7. The van der Waals surface area contributed by atoms with E-state index in [-0.39, 0.29) is 28.8 Å². The second-order valence-corrected chi connectivity index (χ2v) is 6.62. The molecule has 0 atom stereocenters. The fourth-order valence-electron chi connectivity index (χ4n) is 2.54. The summed E-state index contributed by atoms with van der Waals surface area (Å²) < 4.78 is 5.41. The molecule has 1 fully saturated rings. The Labute approximate surface area is 130 Å². The third-order valence-corrected chi connectivity index (χ3v) is 3.68. The van der Waals surface area contributed by atoms with Crippen molar-refractivity contribution in [1.82, 2.24) is 9.97 Å². The molecule has 22 heavy (non-hydrogen) atoms. The van der Waals surface area contributed by atoms with Gasteiger partial charge in [0.25, 0.3) is 5.88 Å². The molecule has 0 bridgehead atoms. The van der Waals surface area contributed by atoms with Gasteiger partial charge in [0.05, 0.1) is 11.5 Å². The molecule has 7 heteroatoms. The van der Waals surface area contributed by atoms with Gasteiger partial charge in [-0.05, 0) is 19.8 Å². The monoisotopic (exact) mass is 308 g/mol. The molecule has 1 aromatic rings. The fraction of sp³-hybridized carbons (Fsp3) is 0.733. The minimum atomic E-state index is -0.464. The molecular formula is C15H24N4O3. The van der Waals surface area contributed by atoms with Crippen LogP contribution in [0.4, 0.5) is 11.5 Å². The van der Waals surface area contributed by atoms with Gasteiger partial charge in [-0.2, -0.15) is 4.98 Å². The first-order chi connectivity index (χ1) is 10.3. The molecule has 1 saturated carbocycles. The highest BCUT2D eigenvalue weighted by atomic mass is 16.6. The van der Waals surface area contributed by atoms with Crippen molar-refractivity contribution < 1.29 is 9.66 Å². The number of rotatable bonds is 5. The highest BCUT2D eigenvalue weighted by Gasteiger charge is 2.31. The van der Waals surface area contributed by atoms with Crippen LogP contribution in [0.2, 0.25) is 0 Å². The molecule has 0 unspecified atom stereocenters. The number of nitro groups is 1. The van der Waals surface area contributed by atoms with Gasteiger partial charge in [0.2, 0.25) is 5.82 Å². The van der Waals surface area contributed by atoms with E-state index in [1.165, 1.54) is 0 Å². The van der Waals surface area contributed by atoms with Gasteiger partial charge in [0.15, 0.2) is 0 Å². The Hall–Kier alpha value is -1.92. The van der Waals surface area contributed by atoms with Gasteiger partial charge in [0, 0.05) is 11.5 Å². The number of nitrogens with one attached hydrogen (secondary N) is 1. The second kappa shape index (κ2) is 6.46. The maximum atomic E-state index is 11.5. The number of nitrogens with zero attached hydrogens (tertiary/aromatic N) is 3.